The molecule has 0 unspecified atom stereocenters. The SMILES string of the molecule is Cc1cc([N+](=O)[O-])nn1Cc1cccc(C(=O)NN=Cc2cc3c(cc2Br)OCO3)c1. The van der Waals surface area contributed by atoms with E-state index in [1.807, 2.05) is 6.07 Å². The van der Waals surface area contributed by atoms with E-state index in [4.69, 9.17) is 9.47 Å². The maximum Gasteiger partial charge on any atom is 0.390 e. The van der Waals surface area contributed by atoms with E-state index in [2.05, 4.69) is 31.6 Å². The Labute approximate surface area is 184 Å². The van der Waals surface area contributed by atoms with Gasteiger partial charge in [-0.15, -0.1) is 0 Å². The molecule has 1 aliphatic heterocycles. The fourth-order valence-corrected chi connectivity index (χ4v) is 3.41. The first kappa shape index (κ1) is 20.5. The summed E-state index contributed by atoms with van der Waals surface area (Å²) in [4.78, 5) is 22.8. The molecule has 10 nitrogen and oxygen atoms in total. The predicted octanol–water partition coefficient (Wildman–Crippen LogP) is 3.40. The molecule has 1 aromatic heterocycles. The van der Waals surface area contributed by atoms with Crippen LogP contribution in [0.5, 0.6) is 11.5 Å². The molecule has 0 spiro atoms. The fourth-order valence-electron chi connectivity index (χ4n) is 2.98. The number of carbonyl (C=O) groups excluding carboxylic acids is 1. The van der Waals surface area contributed by atoms with Crippen molar-refractivity contribution >= 4 is 33.9 Å². The number of halogens is 1. The fraction of sp³-hybridized carbons (Fsp3) is 0.150. The number of carbonyl (C=O) groups is 1. The molecule has 3 aromatic rings. The molecule has 2 heterocycles. The molecule has 0 saturated carbocycles. The third-order valence-electron chi connectivity index (χ3n) is 4.54. The number of nitro groups is 1. The van der Waals surface area contributed by atoms with Crippen LogP contribution in [0.15, 0.2) is 52.0 Å². The molecule has 0 radical (unpaired) electrons. The van der Waals surface area contributed by atoms with Crippen molar-refractivity contribution in [2.75, 3.05) is 6.79 Å². The van der Waals surface area contributed by atoms with Gasteiger partial charge >= 0.3 is 5.82 Å². The predicted molar refractivity (Wildman–Crippen MR) is 114 cm³/mol. The van der Waals surface area contributed by atoms with Crippen LogP contribution in [0.25, 0.3) is 0 Å². The van der Waals surface area contributed by atoms with Crippen molar-refractivity contribution in [1.82, 2.24) is 15.2 Å². The summed E-state index contributed by atoms with van der Waals surface area (Å²) < 4.78 is 12.9. The zero-order chi connectivity index (χ0) is 22.0. The zero-order valence-electron chi connectivity index (χ0n) is 16.2. The molecular formula is C20H16BrN5O5. The van der Waals surface area contributed by atoms with Gasteiger partial charge in [-0.3, -0.25) is 4.79 Å². The second-order valence-corrected chi connectivity index (χ2v) is 7.54. The van der Waals surface area contributed by atoms with Crippen molar-refractivity contribution in [2.24, 2.45) is 5.10 Å². The van der Waals surface area contributed by atoms with Crippen LogP contribution in [0.4, 0.5) is 5.82 Å². The van der Waals surface area contributed by atoms with Crippen molar-refractivity contribution in [3.8, 4) is 11.5 Å². The Morgan fingerprint density at radius 1 is 1.32 bits per heavy atom. The summed E-state index contributed by atoms with van der Waals surface area (Å²) >= 11 is 3.43. The minimum atomic E-state index is -0.538. The number of nitrogens with one attached hydrogen (secondary N) is 1. The molecule has 1 aliphatic rings. The Bertz CT molecular complexity index is 1210. The number of hydrogen-bond donors (Lipinski definition) is 1. The lowest BCUT2D eigenvalue weighted by molar-refractivity contribution is -0.389. The molecule has 0 bridgehead atoms. The molecule has 0 atom stereocenters. The lowest BCUT2D eigenvalue weighted by atomic mass is 10.1. The number of ether oxygens (including phenoxy) is 2. The molecule has 11 heteroatoms. The van der Waals surface area contributed by atoms with Gasteiger partial charge in [-0.05, 0) is 57.6 Å². The van der Waals surface area contributed by atoms with E-state index >= 15 is 0 Å². The summed E-state index contributed by atoms with van der Waals surface area (Å²) in [5.41, 5.74) is 5.04. The lowest BCUT2D eigenvalue weighted by Gasteiger charge is -2.05. The van der Waals surface area contributed by atoms with E-state index in [9.17, 15) is 14.9 Å². The number of aryl methyl sites for hydroxylation is 1. The van der Waals surface area contributed by atoms with Gasteiger partial charge in [-0.1, -0.05) is 12.1 Å². The van der Waals surface area contributed by atoms with E-state index in [1.165, 1.54) is 17.0 Å². The van der Waals surface area contributed by atoms with Crippen LogP contribution in [0, 0.1) is 17.0 Å². The van der Waals surface area contributed by atoms with Gasteiger partial charge in [-0.25, -0.2) is 5.43 Å². The van der Waals surface area contributed by atoms with Crippen LogP contribution in [0.3, 0.4) is 0 Å². The first-order chi connectivity index (χ1) is 14.9. The number of rotatable bonds is 6. The average Bonchev–Trinajstić information content (AvgIpc) is 3.34. The van der Waals surface area contributed by atoms with Crippen LogP contribution >= 0.6 is 15.9 Å². The normalized spacial score (nSPS) is 12.3. The second kappa shape index (κ2) is 8.56. The number of hydrogen-bond acceptors (Lipinski definition) is 7. The molecule has 2 aromatic carbocycles. The molecule has 4 rings (SSSR count). The van der Waals surface area contributed by atoms with Gasteiger partial charge in [0.2, 0.25) is 6.79 Å². The molecule has 0 aliphatic carbocycles. The third-order valence-corrected chi connectivity index (χ3v) is 5.23. The van der Waals surface area contributed by atoms with Gasteiger partial charge < -0.3 is 19.6 Å². The number of nitrogens with zero attached hydrogens (tertiary/aromatic N) is 4. The lowest BCUT2D eigenvalue weighted by Crippen LogP contribution is -2.18. The highest BCUT2D eigenvalue weighted by molar-refractivity contribution is 9.10. The van der Waals surface area contributed by atoms with Crippen LogP contribution < -0.4 is 14.9 Å². The Balaban J connectivity index is 1.44. The minimum Gasteiger partial charge on any atom is -0.454 e. The van der Waals surface area contributed by atoms with Crippen molar-refractivity contribution in [1.29, 1.82) is 0 Å². The first-order valence-corrected chi connectivity index (χ1v) is 9.90. The van der Waals surface area contributed by atoms with E-state index < -0.39 is 10.8 Å². The smallest absolute Gasteiger partial charge is 0.390 e. The first-order valence-electron chi connectivity index (χ1n) is 9.11. The number of fused-ring (bicyclic) bond motifs is 1. The zero-order valence-corrected chi connectivity index (χ0v) is 17.8. The number of amides is 1. The summed E-state index contributed by atoms with van der Waals surface area (Å²) in [6.45, 7) is 2.20. The second-order valence-electron chi connectivity index (χ2n) is 6.69. The average molecular weight is 486 g/mol. The monoisotopic (exact) mass is 485 g/mol. The quantitative estimate of drug-likeness (QED) is 0.324. The molecule has 0 fully saturated rings. The Kier molecular flexibility index (Phi) is 5.67. The van der Waals surface area contributed by atoms with Gasteiger partial charge in [0.05, 0.1) is 29.6 Å². The maximum absolute atomic E-state index is 12.5. The minimum absolute atomic E-state index is 0.168. The van der Waals surface area contributed by atoms with Crippen molar-refractivity contribution in [3.63, 3.8) is 0 Å². The van der Waals surface area contributed by atoms with Gasteiger partial charge in [-0.2, -0.15) is 9.78 Å². The maximum atomic E-state index is 12.5. The van der Waals surface area contributed by atoms with Gasteiger partial charge in [0, 0.05) is 15.6 Å². The standard InChI is InChI=1S/C20H16BrN5O5/c1-12-5-19(26(28)29)24-25(12)10-13-3-2-4-14(6-13)20(27)23-22-9-15-7-17-18(8-16(15)21)31-11-30-17/h2-9H,10-11H2,1H3,(H,23,27). The largest absolute Gasteiger partial charge is 0.454 e. The Hall–Kier alpha value is -3.73. The van der Waals surface area contributed by atoms with Crippen LogP contribution in [-0.4, -0.2) is 33.6 Å². The van der Waals surface area contributed by atoms with Crippen LogP contribution in [-0.2, 0) is 6.54 Å². The summed E-state index contributed by atoms with van der Waals surface area (Å²) in [5, 5.41) is 18.9. The van der Waals surface area contributed by atoms with Gasteiger partial charge in [0.15, 0.2) is 11.5 Å². The van der Waals surface area contributed by atoms with E-state index in [0.29, 0.717) is 34.9 Å². The summed E-state index contributed by atoms with van der Waals surface area (Å²) in [5.74, 6) is 0.647. The van der Waals surface area contributed by atoms with E-state index in [1.54, 1.807) is 37.3 Å². The number of hydrazone groups is 1. The van der Waals surface area contributed by atoms with E-state index in [0.717, 1.165) is 10.0 Å². The summed E-state index contributed by atoms with van der Waals surface area (Å²) in [7, 11) is 0. The van der Waals surface area contributed by atoms with Gasteiger partial charge in [0.1, 0.15) is 0 Å². The summed E-state index contributed by atoms with van der Waals surface area (Å²) in [6.07, 6.45) is 1.50. The Morgan fingerprint density at radius 2 is 2.10 bits per heavy atom. The van der Waals surface area contributed by atoms with Crippen LogP contribution in [0.1, 0.15) is 27.2 Å². The highest BCUT2D eigenvalue weighted by atomic mass is 79.9. The topological polar surface area (TPSA) is 121 Å². The van der Waals surface area contributed by atoms with Crippen molar-refractivity contribution in [2.45, 2.75) is 13.5 Å². The van der Waals surface area contributed by atoms with Gasteiger partial charge in [0.25, 0.3) is 5.91 Å². The van der Waals surface area contributed by atoms with Crippen LogP contribution in [0.2, 0.25) is 0 Å². The Morgan fingerprint density at radius 3 is 2.84 bits per heavy atom. The third kappa shape index (κ3) is 4.56. The summed E-state index contributed by atoms with van der Waals surface area (Å²) in [6, 6.07) is 11.8. The molecular weight excluding hydrogens is 470 g/mol. The number of benzene rings is 2. The van der Waals surface area contributed by atoms with Crippen molar-refractivity contribution in [3.05, 3.63) is 79.4 Å². The van der Waals surface area contributed by atoms with E-state index in [-0.39, 0.29) is 12.6 Å². The molecule has 31 heavy (non-hydrogen) atoms. The highest BCUT2D eigenvalue weighted by Crippen LogP contribution is 2.36. The molecule has 0 saturated heterocycles. The molecule has 1 amide bonds. The number of aromatic nitrogens is 2. The highest BCUT2D eigenvalue weighted by Gasteiger charge is 2.17. The molecule has 158 valence electrons. The molecule has 1 N–H and O–H groups in total. The van der Waals surface area contributed by atoms with Crippen molar-refractivity contribution < 1.29 is 19.2 Å².